The highest BCUT2D eigenvalue weighted by atomic mass is 16.5. The van der Waals surface area contributed by atoms with Crippen LogP contribution in [0.25, 0.3) is 11.4 Å². The highest BCUT2D eigenvalue weighted by Gasteiger charge is 2.48. The van der Waals surface area contributed by atoms with E-state index in [0.717, 1.165) is 22.7 Å². The van der Waals surface area contributed by atoms with Crippen molar-refractivity contribution in [3.63, 3.8) is 0 Å². The predicted octanol–water partition coefficient (Wildman–Crippen LogP) is 2.84. The number of hydrogen-bond acceptors (Lipinski definition) is 6. The van der Waals surface area contributed by atoms with Gasteiger partial charge in [0.15, 0.2) is 11.3 Å². The van der Waals surface area contributed by atoms with Gasteiger partial charge in [0, 0.05) is 11.8 Å². The summed E-state index contributed by atoms with van der Waals surface area (Å²) in [7, 11) is 0. The summed E-state index contributed by atoms with van der Waals surface area (Å²) in [6.07, 6.45) is 1.74. The Hall–Kier alpha value is -3.41. The van der Waals surface area contributed by atoms with E-state index in [0.29, 0.717) is 18.1 Å². The minimum Gasteiger partial charge on any atom is -0.462 e. The maximum Gasteiger partial charge on any atom is 0.283 e. The summed E-state index contributed by atoms with van der Waals surface area (Å²) < 4.78 is 11.6. The second-order valence-electron chi connectivity index (χ2n) is 5.96. The van der Waals surface area contributed by atoms with E-state index in [9.17, 15) is 0 Å². The van der Waals surface area contributed by atoms with Gasteiger partial charge in [0.2, 0.25) is 0 Å². The van der Waals surface area contributed by atoms with Crippen molar-refractivity contribution in [2.24, 2.45) is 10.7 Å². The molecule has 2 N–H and O–H groups in total. The van der Waals surface area contributed by atoms with Gasteiger partial charge in [-0.3, -0.25) is 4.98 Å². The van der Waals surface area contributed by atoms with E-state index >= 15 is 0 Å². The Morgan fingerprint density at radius 2 is 1.80 bits per heavy atom. The summed E-state index contributed by atoms with van der Waals surface area (Å²) in [5.74, 6) is 1.39. The monoisotopic (exact) mass is 330 g/mol. The number of amidine groups is 1. The van der Waals surface area contributed by atoms with Crippen molar-refractivity contribution in [2.75, 3.05) is 6.61 Å². The maximum atomic E-state index is 6.04. The topological polar surface area (TPSA) is 82.6 Å². The van der Waals surface area contributed by atoms with E-state index in [4.69, 9.17) is 20.2 Å². The highest BCUT2D eigenvalue weighted by Crippen LogP contribution is 2.50. The number of hydrogen-bond donors (Lipinski definition) is 1. The normalized spacial score (nSPS) is 20.2. The summed E-state index contributed by atoms with van der Waals surface area (Å²) in [5, 5.41) is 0. The van der Waals surface area contributed by atoms with Crippen LogP contribution in [0.1, 0.15) is 11.3 Å². The lowest BCUT2D eigenvalue weighted by atomic mass is 9.84. The van der Waals surface area contributed by atoms with Crippen molar-refractivity contribution in [1.29, 1.82) is 0 Å². The second-order valence-corrected chi connectivity index (χ2v) is 5.96. The minimum atomic E-state index is -0.793. The van der Waals surface area contributed by atoms with Crippen molar-refractivity contribution in [3.05, 3.63) is 72.1 Å². The van der Waals surface area contributed by atoms with Gasteiger partial charge in [0.05, 0.1) is 11.4 Å². The van der Waals surface area contributed by atoms with Crippen LogP contribution in [0.4, 0.5) is 0 Å². The summed E-state index contributed by atoms with van der Waals surface area (Å²) in [4.78, 5) is 13.8. The van der Waals surface area contributed by atoms with E-state index in [1.165, 1.54) is 0 Å². The zero-order valence-corrected chi connectivity index (χ0v) is 13.2. The van der Waals surface area contributed by atoms with Crippen LogP contribution in [0, 0.1) is 0 Å². The number of benzene rings is 1. The molecule has 1 spiro atoms. The first kappa shape index (κ1) is 14.0. The Morgan fingerprint density at radius 1 is 0.920 bits per heavy atom. The van der Waals surface area contributed by atoms with Crippen molar-refractivity contribution < 1.29 is 9.47 Å². The fraction of sp³-hybridized carbons (Fsp3) is 0.105. The molecule has 25 heavy (non-hydrogen) atoms. The molecule has 0 saturated heterocycles. The van der Waals surface area contributed by atoms with Gasteiger partial charge in [0.25, 0.3) is 6.02 Å². The molecule has 4 heterocycles. The summed E-state index contributed by atoms with van der Waals surface area (Å²) >= 11 is 0. The molecule has 1 aromatic carbocycles. The number of fused-ring (bicyclic) bond motifs is 4. The molecule has 6 heteroatoms. The minimum absolute atomic E-state index is 0.160. The first-order chi connectivity index (χ1) is 12.3. The molecule has 0 amide bonds. The third-order valence-electron chi connectivity index (χ3n) is 4.46. The molecule has 3 aromatic rings. The molecule has 122 valence electrons. The van der Waals surface area contributed by atoms with Gasteiger partial charge in [0.1, 0.15) is 18.1 Å². The zero-order valence-electron chi connectivity index (χ0n) is 13.2. The van der Waals surface area contributed by atoms with E-state index in [2.05, 4.69) is 9.98 Å². The van der Waals surface area contributed by atoms with Gasteiger partial charge >= 0.3 is 0 Å². The van der Waals surface area contributed by atoms with Crippen LogP contribution in [0.15, 0.2) is 65.8 Å². The van der Waals surface area contributed by atoms with Gasteiger partial charge < -0.3 is 15.2 Å². The van der Waals surface area contributed by atoms with Crippen LogP contribution in [0.5, 0.6) is 11.5 Å². The number of nitrogens with zero attached hydrogens (tertiary/aromatic N) is 3. The standard InChI is InChI=1S/C19H14N4O2/c20-18-23-19(11-24-18)12-5-1-2-7-15(12)25-16-9-8-14(22-17(16)19)13-6-3-4-10-21-13/h1-10H,11H2,(H2,20,23). The first-order valence-corrected chi connectivity index (χ1v) is 7.95. The van der Waals surface area contributed by atoms with Crippen molar-refractivity contribution in [1.82, 2.24) is 9.97 Å². The molecule has 6 nitrogen and oxygen atoms in total. The lowest BCUT2D eigenvalue weighted by molar-refractivity contribution is 0.260. The van der Waals surface area contributed by atoms with Gasteiger partial charge in [-0.1, -0.05) is 24.3 Å². The molecule has 1 unspecified atom stereocenters. The van der Waals surface area contributed by atoms with Crippen LogP contribution < -0.4 is 10.5 Å². The summed E-state index contributed by atoms with van der Waals surface area (Å²) in [6.45, 7) is 0.297. The highest BCUT2D eigenvalue weighted by molar-refractivity contribution is 5.76. The fourth-order valence-electron chi connectivity index (χ4n) is 3.32. The Labute approximate surface area is 144 Å². The molecular weight excluding hydrogens is 316 g/mol. The number of rotatable bonds is 1. The molecule has 0 radical (unpaired) electrons. The molecule has 0 aliphatic carbocycles. The summed E-state index contributed by atoms with van der Waals surface area (Å²) in [5.41, 5.74) is 8.18. The molecule has 0 saturated carbocycles. The lowest BCUT2D eigenvalue weighted by Gasteiger charge is -2.32. The molecular formula is C19H14N4O2. The van der Waals surface area contributed by atoms with E-state index in [1.54, 1.807) is 6.20 Å². The first-order valence-electron chi connectivity index (χ1n) is 7.95. The molecule has 0 fully saturated rings. The summed E-state index contributed by atoms with van der Waals surface area (Å²) in [6, 6.07) is 17.4. The van der Waals surface area contributed by atoms with Crippen LogP contribution in [-0.4, -0.2) is 22.6 Å². The quantitative estimate of drug-likeness (QED) is 0.742. The van der Waals surface area contributed by atoms with Crippen LogP contribution in [0.3, 0.4) is 0 Å². The Bertz CT molecular complexity index is 1000. The number of pyridine rings is 2. The molecule has 0 bridgehead atoms. The third kappa shape index (κ3) is 2.00. The Balaban J connectivity index is 1.75. The van der Waals surface area contributed by atoms with Crippen molar-refractivity contribution in [2.45, 2.75) is 5.54 Å². The smallest absolute Gasteiger partial charge is 0.283 e. The largest absolute Gasteiger partial charge is 0.462 e. The van der Waals surface area contributed by atoms with Gasteiger partial charge in [-0.15, -0.1) is 0 Å². The molecule has 2 aliphatic rings. The number of aromatic nitrogens is 2. The average molecular weight is 330 g/mol. The van der Waals surface area contributed by atoms with Gasteiger partial charge in [-0.2, -0.15) is 0 Å². The number of ether oxygens (including phenoxy) is 2. The maximum absolute atomic E-state index is 6.04. The lowest BCUT2D eigenvalue weighted by Crippen LogP contribution is -2.32. The number of aliphatic imine (C=N–C) groups is 1. The van der Waals surface area contributed by atoms with Gasteiger partial charge in [-0.05, 0) is 30.3 Å². The van der Waals surface area contributed by atoms with E-state index in [-0.39, 0.29) is 6.02 Å². The number of para-hydroxylation sites is 1. The molecule has 5 rings (SSSR count). The Morgan fingerprint density at radius 3 is 2.60 bits per heavy atom. The average Bonchev–Trinajstić information content (AvgIpc) is 3.05. The van der Waals surface area contributed by atoms with E-state index < -0.39 is 5.54 Å². The van der Waals surface area contributed by atoms with Gasteiger partial charge in [-0.25, -0.2) is 9.98 Å². The Kier molecular flexibility index (Phi) is 2.82. The van der Waals surface area contributed by atoms with E-state index in [1.807, 2.05) is 54.6 Å². The van der Waals surface area contributed by atoms with Crippen molar-refractivity contribution >= 4 is 6.02 Å². The molecule has 2 aliphatic heterocycles. The fourth-order valence-corrected chi connectivity index (χ4v) is 3.32. The van der Waals surface area contributed by atoms with Crippen LogP contribution in [-0.2, 0) is 10.3 Å². The van der Waals surface area contributed by atoms with Crippen LogP contribution >= 0.6 is 0 Å². The predicted molar refractivity (Wildman–Crippen MR) is 92.3 cm³/mol. The SMILES string of the molecule is NC1=NC2(CO1)c1ccccc1Oc1ccc(-c3ccccn3)nc12. The molecule has 1 atom stereocenters. The zero-order chi connectivity index (χ0) is 16.9. The second kappa shape index (κ2) is 5.04. The number of nitrogens with two attached hydrogens (primary N) is 1. The molecule has 2 aromatic heterocycles. The van der Waals surface area contributed by atoms with Crippen LogP contribution in [0.2, 0.25) is 0 Å². The third-order valence-corrected chi connectivity index (χ3v) is 4.46. The van der Waals surface area contributed by atoms with Crippen molar-refractivity contribution in [3.8, 4) is 22.9 Å².